The first-order chi connectivity index (χ1) is 8.31. The lowest BCUT2D eigenvalue weighted by atomic mass is 10.5. The van der Waals surface area contributed by atoms with Crippen molar-refractivity contribution < 1.29 is 4.52 Å². The van der Waals surface area contributed by atoms with Crippen LogP contribution < -0.4 is 5.32 Å². The number of hydrogen-bond donors (Lipinski definition) is 1. The molecule has 0 amide bonds. The number of hydrogen-bond acceptors (Lipinski definition) is 6. The largest absolute Gasteiger partial charge is 0.363 e. The second kappa shape index (κ2) is 3.85. The summed E-state index contributed by atoms with van der Waals surface area (Å²) in [7, 11) is 0. The Balaban J connectivity index is 1.76. The quantitative estimate of drug-likeness (QED) is 0.723. The van der Waals surface area contributed by atoms with Crippen molar-refractivity contribution in [3.63, 3.8) is 0 Å². The summed E-state index contributed by atoms with van der Waals surface area (Å²) in [6.45, 7) is 2.24. The summed E-state index contributed by atoms with van der Waals surface area (Å²) in [5.74, 6) is 1.92. The molecule has 1 N–H and O–H groups in total. The maximum atomic E-state index is 4.88. The zero-order valence-corrected chi connectivity index (χ0v) is 9.16. The van der Waals surface area contributed by atoms with Gasteiger partial charge in [0.05, 0.1) is 12.7 Å². The molecule has 0 saturated heterocycles. The number of aryl methyl sites for hydroxylation is 1. The molecule has 3 heterocycles. The molecule has 86 valence electrons. The van der Waals surface area contributed by atoms with Crippen LogP contribution in [0.5, 0.6) is 0 Å². The SMILES string of the molecule is Cc1nc(CNc2ccn3nccc3n2)no1. The molecule has 0 aliphatic carbocycles. The number of anilines is 1. The lowest BCUT2D eigenvalue weighted by molar-refractivity contribution is 0.388. The highest BCUT2D eigenvalue weighted by Crippen LogP contribution is 2.07. The second-order valence-corrected chi connectivity index (χ2v) is 3.53. The van der Waals surface area contributed by atoms with E-state index >= 15 is 0 Å². The van der Waals surface area contributed by atoms with Gasteiger partial charge in [-0.1, -0.05) is 5.16 Å². The monoisotopic (exact) mass is 230 g/mol. The van der Waals surface area contributed by atoms with Crippen LogP contribution in [0.2, 0.25) is 0 Å². The minimum Gasteiger partial charge on any atom is -0.363 e. The van der Waals surface area contributed by atoms with Crippen LogP contribution in [0.1, 0.15) is 11.7 Å². The molecule has 7 heteroatoms. The van der Waals surface area contributed by atoms with E-state index in [2.05, 4.69) is 25.5 Å². The van der Waals surface area contributed by atoms with Gasteiger partial charge >= 0.3 is 0 Å². The van der Waals surface area contributed by atoms with Crippen molar-refractivity contribution in [2.24, 2.45) is 0 Å². The van der Waals surface area contributed by atoms with Gasteiger partial charge in [0.15, 0.2) is 11.5 Å². The fraction of sp³-hybridized carbons (Fsp3) is 0.200. The molecule has 0 aliphatic rings. The molecule has 3 rings (SSSR count). The summed E-state index contributed by atoms with van der Waals surface area (Å²) in [5.41, 5.74) is 0.791. The highest BCUT2D eigenvalue weighted by atomic mass is 16.5. The van der Waals surface area contributed by atoms with E-state index in [1.165, 1.54) is 0 Å². The van der Waals surface area contributed by atoms with Crippen LogP contribution in [0.3, 0.4) is 0 Å². The van der Waals surface area contributed by atoms with Gasteiger partial charge in [0.2, 0.25) is 5.89 Å². The molecule has 0 radical (unpaired) electrons. The van der Waals surface area contributed by atoms with Crippen molar-refractivity contribution in [3.8, 4) is 0 Å². The third-order valence-corrected chi connectivity index (χ3v) is 2.26. The van der Waals surface area contributed by atoms with Crippen molar-refractivity contribution in [1.29, 1.82) is 0 Å². The van der Waals surface area contributed by atoms with E-state index in [0.717, 1.165) is 11.5 Å². The Hall–Kier alpha value is -2.44. The summed E-state index contributed by atoms with van der Waals surface area (Å²) in [6, 6.07) is 3.68. The van der Waals surface area contributed by atoms with Crippen molar-refractivity contribution in [2.75, 3.05) is 5.32 Å². The van der Waals surface area contributed by atoms with Crippen molar-refractivity contribution >= 4 is 11.5 Å². The van der Waals surface area contributed by atoms with Gasteiger partial charge in [-0.3, -0.25) is 0 Å². The van der Waals surface area contributed by atoms with Crippen molar-refractivity contribution in [3.05, 3.63) is 36.2 Å². The van der Waals surface area contributed by atoms with Crippen LogP contribution in [-0.4, -0.2) is 24.7 Å². The first kappa shape index (κ1) is 9.76. The number of rotatable bonds is 3. The maximum Gasteiger partial charge on any atom is 0.223 e. The van der Waals surface area contributed by atoms with Gasteiger partial charge in [-0.2, -0.15) is 10.1 Å². The first-order valence-electron chi connectivity index (χ1n) is 5.15. The molecular formula is C10H10N6O. The molecule has 7 nitrogen and oxygen atoms in total. The van der Waals surface area contributed by atoms with Crippen LogP contribution in [0.25, 0.3) is 5.65 Å². The minimum absolute atomic E-state index is 0.481. The van der Waals surface area contributed by atoms with Crippen LogP contribution in [-0.2, 0) is 6.54 Å². The van der Waals surface area contributed by atoms with E-state index in [9.17, 15) is 0 Å². The van der Waals surface area contributed by atoms with Gasteiger partial charge in [0, 0.05) is 19.2 Å². The van der Waals surface area contributed by atoms with E-state index < -0.39 is 0 Å². The zero-order valence-electron chi connectivity index (χ0n) is 9.16. The fourth-order valence-electron chi connectivity index (χ4n) is 1.49. The zero-order chi connectivity index (χ0) is 11.7. The van der Waals surface area contributed by atoms with E-state index in [4.69, 9.17) is 4.52 Å². The Labute approximate surface area is 96.5 Å². The minimum atomic E-state index is 0.481. The molecule has 0 atom stereocenters. The molecule has 0 bridgehead atoms. The number of nitrogens with zero attached hydrogens (tertiary/aromatic N) is 5. The molecule has 3 aromatic rings. The van der Waals surface area contributed by atoms with Crippen LogP contribution in [0.4, 0.5) is 5.82 Å². The average molecular weight is 230 g/mol. The van der Waals surface area contributed by atoms with Crippen LogP contribution >= 0.6 is 0 Å². The maximum absolute atomic E-state index is 4.88. The molecule has 17 heavy (non-hydrogen) atoms. The Morgan fingerprint density at radius 2 is 2.29 bits per heavy atom. The lowest BCUT2D eigenvalue weighted by Crippen LogP contribution is -2.04. The van der Waals surface area contributed by atoms with Gasteiger partial charge in [0.1, 0.15) is 5.82 Å². The Morgan fingerprint density at radius 1 is 1.35 bits per heavy atom. The van der Waals surface area contributed by atoms with E-state index in [-0.39, 0.29) is 0 Å². The molecule has 0 fully saturated rings. The molecule has 0 saturated carbocycles. The van der Waals surface area contributed by atoms with E-state index in [1.54, 1.807) is 17.6 Å². The summed E-state index contributed by atoms with van der Waals surface area (Å²) < 4.78 is 6.57. The van der Waals surface area contributed by atoms with Gasteiger partial charge in [0.25, 0.3) is 0 Å². The molecule has 0 aliphatic heterocycles. The predicted octanol–water partition coefficient (Wildman–Crippen LogP) is 1.03. The molecule has 0 spiro atoms. The van der Waals surface area contributed by atoms with E-state index in [0.29, 0.717) is 18.3 Å². The summed E-state index contributed by atoms with van der Waals surface area (Å²) >= 11 is 0. The summed E-state index contributed by atoms with van der Waals surface area (Å²) in [4.78, 5) is 8.45. The van der Waals surface area contributed by atoms with Gasteiger partial charge in [-0.15, -0.1) is 0 Å². The second-order valence-electron chi connectivity index (χ2n) is 3.53. The van der Waals surface area contributed by atoms with Gasteiger partial charge < -0.3 is 9.84 Å². The lowest BCUT2D eigenvalue weighted by Gasteiger charge is -2.02. The average Bonchev–Trinajstić information content (AvgIpc) is 2.94. The van der Waals surface area contributed by atoms with Gasteiger partial charge in [-0.25, -0.2) is 9.50 Å². The predicted molar refractivity (Wildman–Crippen MR) is 59.3 cm³/mol. The molecule has 0 unspecified atom stereocenters. The summed E-state index contributed by atoms with van der Waals surface area (Å²) in [6.07, 6.45) is 3.54. The number of fused-ring (bicyclic) bond motifs is 1. The molecule has 3 aromatic heterocycles. The standard InChI is InChI=1S/C10H10N6O/c1-7-13-9(15-17-7)6-11-8-3-5-16-10(14-8)2-4-12-16/h2-5H,6H2,1H3,(H,11,14). The summed E-state index contributed by atoms with van der Waals surface area (Å²) in [5, 5.41) is 11.0. The third-order valence-electron chi connectivity index (χ3n) is 2.26. The smallest absolute Gasteiger partial charge is 0.223 e. The normalized spacial score (nSPS) is 10.9. The molecular weight excluding hydrogens is 220 g/mol. The van der Waals surface area contributed by atoms with Gasteiger partial charge in [-0.05, 0) is 6.07 Å². The highest BCUT2D eigenvalue weighted by Gasteiger charge is 2.03. The van der Waals surface area contributed by atoms with Crippen LogP contribution in [0, 0.1) is 6.92 Å². The topological polar surface area (TPSA) is 81.1 Å². The fourth-order valence-corrected chi connectivity index (χ4v) is 1.49. The Kier molecular flexibility index (Phi) is 2.21. The Bertz CT molecular complexity index is 643. The molecule has 0 aromatic carbocycles. The number of nitrogens with one attached hydrogen (secondary N) is 1. The Morgan fingerprint density at radius 3 is 3.12 bits per heavy atom. The van der Waals surface area contributed by atoms with Crippen molar-refractivity contribution in [2.45, 2.75) is 13.5 Å². The first-order valence-corrected chi connectivity index (χ1v) is 5.15. The highest BCUT2D eigenvalue weighted by molar-refractivity contribution is 5.45. The van der Waals surface area contributed by atoms with E-state index in [1.807, 2.05) is 18.3 Å². The number of aromatic nitrogens is 5. The van der Waals surface area contributed by atoms with Crippen molar-refractivity contribution in [1.82, 2.24) is 24.7 Å². The third kappa shape index (κ3) is 1.94. The van der Waals surface area contributed by atoms with Crippen LogP contribution in [0.15, 0.2) is 29.0 Å².